The molecule has 0 radical (unpaired) electrons. The average molecular weight is 447 g/mol. The van der Waals surface area contributed by atoms with Crippen LogP contribution in [0.3, 0.4) is 0 Å². The van der Waals surface area contributed by atoms with Crippen molar-refractivity contribution >= 4 is 0 Å². The summed E-state index contributed by atoms with van der Waals surface area (Å²) in [5, 5.41) is 33.6. The summed E-state index contributed by atoms with van der Waals surface area (Å²) in [5.74, 6) is 4.93. The van der Waals surface area contributed by atoms with Gasteiger partial charge in [-0.05, 0) is 93.3 Å². The number of fused-ring (bicyclic) bond motifs is 8. The van der Waals surface area contributed by atoms with E-state index in [9.17, 15) is 15.3 Å². The summed E-state index contributed by atoms with van der Waals surface area (Å²) in [4.78, 5) is 0. The number of hydrogen-bond acceptors (Lipinski definition) is 3. The SMILES string of the molecule is C[C@H]1CC[C@H]2[C@@](C)(O)[C@H]3CC[C@@H]4[C@@H](C[C@H]5[C@H]4C[C@H](O)[C@H]4C[C@@H](O)CC[C@@]45C)[C@@H]3C[N+]2(C)C1. The molecule has 3 N–H and O–H groups in total. The van der Waals surface area contributed by atoms with Crippen LogP contribution in [0, 0.1) is 52.8 Å². The molecule has 2 heterocycles. The molecule has 0 aromatic carbocycles. The molecule has 4 saturated carbocycles. The lowest BCUT2D eigenvalue weighted by molar-refractivity contribution is -0.959. The van der Waals surface area contributed by atoms with Crippen molar-refractivity contribution in [1.29, 1.82) is 0 Å². The molecule has 4 heteroatoms. The minimum Gasteiger partial charge on any atom is -0.393 e. The number of aliphatic hydroxyl groups excluding tert-OH is 2. The Morgan fingerprint density at radius 3 is 2.31 bits per heavy atom. The summed E-state index contributed by atoms with van der Waals surface area (Å²) in [6.07, 6.45) is 9.49. The van der Waals surface area contributed by atoms with Crippen LogP contribution < -0.4 is 0 Å². The van der Waals surface area contributed by atoms with E-state index in [-0.39, 0.29) is 23.5 Å². The quantitative estimate of drug-likeness (QED) is 0.496. The molecule has 0 bridgehead atoms. The maximum Gasteiger partial charge on any atom is 0.118 e. The van der Waals surface area contributed by atoms with E-state index in [0.717, 1.165) is 47.9 Å². The third-order valence-corrected chi connectivity index (χ3v) is 12.7. The fraction of sp³-hybridized carbons (Fsp3) is 1.00. The standard InChI is InChI=1S/C28H48NO3/c1-16-5-8-26-28(3,32)22-7-6-18-19(21(22)15-29(26,4)14-16)12-23-20(18)13-25(31)24-11-17(30)9-10-27(23,24)2/h16-26,30-32H,5-15H2,1-4H3/q+1/t16-,17-,18+,19+,20-,21-,22-,23-,24+,25-,26-,27+,28-,29?/m0/s1. The van der Waals surface area contributed by atoms with Crippen LogP contribution in [0.25, 0.3) is 0 Å². The molecule has 4 nitrogen and oxygen atoms in total. The lowest BCUT2D eigenvalue weighted by Crippen LogP contribution is -2.74. The Labute approximate surface area is 195 Å². The molecule has 6 fully saturated rings. The van der Waals surface area contributed by atoms with Crippen molar-refractivity contribution in [2.75, 3.05) is 20.1 Å². The van der Waals surface area contributed by atoms with Crippen molar-refractivity contribution in [3.8, 4) is 0 Å². The van der Waals surface area contributed by atoms with Gasteiger partial charge in [0.1, 0.15) is 11.6 Å². The summed E-state index contributed by atoms with van der Waals surface area (Å²) < 4.78 is 1.09. The highest BCUT2D eigenvalue weighted by Gasteiger charge is 2.67. The van der Waals surface area contributed by atoms with Gasteiger partial charge < -0.3 is 19.8 Å². The lowest BCUT2D eigenvalue weighted by Gasteiger charge is -2.62. The first-order valence-corrected chi connectivity index (χ1v) is 14.0. The largest absolute Gasteiger partial charge is 0.393 e. The minimum absolute atomic E-state index is 0.187. The van der Waals surface area contributed by atoms with Crippen molar-refractivity contribution in [3.05, 3.63) is 0 Å². The molecule has 1 unspecified atom stereocenters. The van der Waals surface area contributed by atoms with Crippen LogP contribution in [-0.2, 0) is 0 Å². The average Bonchev–Trinajstić information content (AvgIpc) is 3.08. The number of rotatable bonds is 0. The molecule has 0 aromatic heterocycles. The second-order valence-electron chi connectivity index (χ2n) is 14.3. The lowest BCUT2D eigenvalue weighted by atomic mass is 9.51. The second kappa shape index (κ2) is 7.18. The Kier molecular flexibility index (Phi) is 5.01. The van der Waals surface area contributed by atoms with Gasteiger partial charge in [-0.2, -0.15) is 0 Å². The molecule has 4 aliphatic carbocycles. The zero-order valence-corrected chi connectivity index (χ0v) is 20.9. The van der Waals surface area contributed by atoms with Gasteiger partial charge >= 0.3 is 0 Å². The molecule has 2 aliphatic heterocycles. The van der Waals surface area contributed by atoms with Crippen LogP contribution >= 0.6 is 0 Å². The first kappa shape index (κ1) is 22.3. The number of nitrogens with zero attached hydrogens (tertiary/aromatic N) is 1. The smallest absolute Gasteiger partial charge is 0.118 e. The summed E-state index contributed by atoms with van der Waals surface area (Å²) in [6.45, 7) is 9.56. The van der Waals surface area contributed by atoms with Gasteiger partial charge in [0.25, 0.3) is 0 Å². The monoisotopic (exact) mass is 446 g/mol. The van der Waals surface area contributed by atoms with E-state index in [1.807, 2.05) is 0 Å². The van der Waals surface area contributed by atoms with E-state index >= 15 is 0 Å². The first-order valence-electron chi connectivity index (χ1n) is 14.0. The van der Waals surface area contributed by atoms with E-state index in [0.29, 0.717) is 29.7 Å². The Morgan fingerprint density at radius 2 is 1.53 bits per heavy atom. The van der Waals surface area contributed by atoms with E-state index < -0.39 is 5.60 Å². The van der Waals surface area contributed by atoms with Crippen LogP contribution in [0.15, 0.2) is 0 Å². The fourth-order valence-corrected chi connectivity index (χ4v) is 11.5. The summed E-state index contributed by atoms with van der Waals surface area (Å²) >= 11 is 0. The van der Waals surface area contributed by atoms with Gasteiger partial charge in [0, 0.05) is 24.2 Å². The molecular weight excluding hydrogens is 398 g/mol. The molecule has 14 atom stereocenters. The highest BCUT2D eigenvalue weighted by atomic mass is 16.3. The van der Waals surface area contributed by atoms with Gasteiger partial charge in [-0.15, -0.1) is 0 Å². The maximum atomic E-state index is 12.0. The zero-order chi connectivity index (χ0) is 22.6. The first-order chi connectivity index (χ1) is 15.0. The van der Waals surface area contributed by atoms with Crippen LogP contribution in [0.5, 0.6) is 0 Å². The van der Waals surface area contributed by atoms with E-state index in [1.54, 1.807) is 0 Å². The summed E-state index contributed by atoms with van der Waals surface area (Å²) in [5.41, 5.74) is -0.357. The molecule has 6 rings (SSSR count). The van der Waals surface area contributed by atoms with Crippen molar-refractivity contribution < 1.29 is 19.8 Å². The maximum absolute atomic E-state index is 12.0. The molecule has 0 aromatic rings. The van der Waals surface area contributed by atoms with E-state index in [1.165, 1.54) is 45.2 Å². The highest BCUT2D eigenvalue weighted by Crippen LogP contribution is 2.67. The van der Waals surface area contributed by atoms with Crippen molar-refractivity contribution in [3.63, 3.8) is 0 Å². The van der Waals surface area contributed by atoms with Crippen LogP contribution in [0.4, 0.5) is 0 Å². The minimum atomic E-state index is -0.544. The third kappa shape index (κ3) is 2.94. The normalized spacial score (nSPS) is 64.0. The Bertz CT molecular complexity index is 750. The van der Waals surface area contributed by atoms with E-state index in [4.69, 9.17) is 0 Å². The molecule has 2 saturated heterocycles. The molecule has 6 aliphatic rings. The van der Waals surface area contributed by atoms with Crippen molar-refractivity contribution in [1.82, 2.24) is 0 Å². The number of hydrogen-bond donors (Lipinski definition) is 3. The number of piperidine rings is 2. The van der Waals surface area contributed by atoms with Crippen molar-refractivity contribution in [2.45, 2.75) is 102 Å². The topological polar surface area (TPSA) is 60.7 Å². The summed E-state index contributed by atoms with van der Waals surface area (Å²) in [6, 6.07) is 0.406. The predicted molar refractivity (Wildman–Crippen MR) is 126 cm³/mol. The van der Waals surface area contributed by atoms with Gasteiger partial charge in [-0.1, -0.05) is 13.8 Å². The molecule has 182 valence electrons. The predicted octanol–water partition coefficient (Wildman–Crippen LogP) is 3.82. The molecule has 32 heavy (non-hydrogen) atoms. The number of likely N-dealkylation sites (N-methyl/N-ethyl adjacent to an activating group) is 1. The van der Waals surface area contributed by atoms with Gasteiger partial charge in [0.05, 0.1) is 32.3 Å². The van der Waals surface area contributed by atoms with Gasteiger partial charge in [-0.25, -0.2) is 0 Å². The summed E-state index contributed by atoms with van der Waals surface area (Å²) in [7, 11) is 2.46. The molecule has 0 amide bonds. The Balaban J connectivity index is 1.32. The number of aliphatic hydroxyl groups is 3. The fourth-order valence-electron chi connectivity index (χ4n) is 11.5. The zero-order valence-electron chi connectivity index (χ0n) is 20.9. The van der Waals surface area contributed by atoms with Crippen LogP contribution in [0.2, 0.25) is 0 Å². The van der Waals surface area contributed by atoms with Gasteiger partial charge in [0.15, 0.2) is 0 Å². The number of quaternary nitrogens is 1. The van der Waals surface area contributed by atoms with E-state index in [2.05, 4.69) is 27.8 Å². The molecular formula is C28H48NO3+. The van der Waals surface area contributed by atoms with Crippen LogP contribution in [-0.4, -0.2) is 63.8 Å². The Hall–Kier alpha value is -0.160. The van der Waals surface area contributed by atoms with Crippen molar-refractivity contribution in [2.24, 2.45) is 52.8 Å². The van der Waals surface area contributed by atoms with Gasteiger partial charge in [0.2, 0.25) is 0 Å². The molecule has 0 spiro atoms. The van der Waals surface area contributed by atoms with Crippen LogP contribution in [0.1, 0.15) is 78.6 Å². The van der Waals surface area contributed by atoms with Gasteiger partial charge in [-0.3, -0.25) is 0 Å². The highest BCUT2D eigenvalue weighted by molar-refractivity contribution is 5.12. The third-order valence-electron chi connectivity index (χ3n) is 12.7. The second-order valence-corrected chi connectivity index (χ2v) is 14.3. The Morgan fingerprint density at radius 1 is 0.750 bits per heavy atom.